The van der Waals surface area contributed by atoms with Gasteiger partial charge < -0.3 is 25.2 Å². The first-order valence-electron chi connectivity index (χ1n) is 19.1. The van der Waals surface area contributed by atoms with Crippen LogP contribution in [0.15, 0.2) is 49.1 Å². The molecule has 1 amide bonds. The predicted molar refractivity (Wildman–Crippen MR) is 207 cm³/mol. The average Bonchev–Trinajstić information content (AvgIpc) is 3.20. The van der Waals surface area contributed by atoms with Crippen LogP contribution >= 0.6 is 11.6 Å². The Hall–Kier alpha value is -4.24. The van der Waals surface area contributed by atoms with Crippen LogP contribution in [-0.4, -0.2) is 96.3 Å². The average molecular weight is 818 g/mol. The Bertz CT molecular complexity index is 1970. The van der Waals surface area contributed by atoms with Gasteiger partial charge in [-0.2, -0.15) is 22.7 Å². The van der Waals surface area contributed by atoms with Crippen molar-refractivity contribution < 1.29 is 31.1 Å². The van der Waals surface area contributed by atoms with Crippen molar-refractivity contribution in [3.8, 4) is 11.8 Å². The molecule has 0 bridgehead atoms. The highest BCUT2D eigenvalue weighted by Crippen LogP contribution is 2.36. The first kappa shape index (κ1) is 41.4. The number of amides is 1. The van der Waals surface area contributed by atoms with Gasteiger partial charge in [0.1, 0.15) is 17.6 Å². The fourth-order valence-electron chi connectivity index (χ4n) is 7.76. The predicted octanol–water partition coefficient (Wildman–Crippen LogP) is 6.01. The molecular formula is C38H47ClF3N9O4S. The summed E-state index contributed by atoms with van der Waals surface area (Å²) in [4.78, 5) is 30.5. The lowest BCUT2D eigenvalue weighted by Crippen LogP contribution is -2.61. The number of hydrogen-bond acceptors (Lipinski definition) is 11. The van der Waals surface area contributed by atoms with Gasteiger partial charge in [0, 0.05) is 58.1 Å². The number of alkyl halides is 3. The van der Waals surface area contributed by atoms with Crippen molar-refractivity contribution in [3.05, 3.63) is 65.2 Å². The Morgan fingerprint density at radius 1 is 1.07 bits per heavy atom. The third-order valence-corrected chi connectivity index (χ3v) is 13.5. The maximum Gasteiger partial charge on any atom is 0.417 e. The zero-order valence-electron chi connectivity index (χ0n) is 31.3. The van der Waals surface area contributed by atoms with Crippen LogP contribution in [0, 0.1) is 11.3 Å². The van der Waals surface area contributed by atoms with Crippen molar-refractivity contribution in [1.82, 2.24) is 24.6 Å². The highest BCUT2D eigenvalue weighted by Gasteiger charge is 2.44. The Kier molecular flexibility index (Phi) is 13.2. The van der Waals surface area contributed by atoms with Crippen LogP contribution in [0.1, 0.15) is 75.8 Å². The van der Waals surface area contributed by atoms with Crippen LogP contribution in [-0.2, 0) is 21.0 Å². The van der Waals surface area contributed by atoms with Gasteiger partial charge in [0.2, 0.25) is 10.0 Å². The molecule has 302 valence electrons. The molecule has 1 aliphatic carbocycles. The summed E-state index contributed by atoms with van der Waals surface area (Å²) in [5.74, 6) is 0.711. The molecule has 3 aliphatic rings. The van der Waals surface area contributed by atoms with Gasteiger partial charge in [-0.15, -0.1) is 0 Å². The van der Waals surface area contributed by atoms with E-state index in [9.17, 15) is 31.6 Å². The number of aromatic nitrogens is 3. The number of carbonyl (C=O) groups is 1. The molecule has 1 saturated carbocycles. The van der Waals surface area contributed by atoms with E-state index >= 15 is 0 Å². The number of unbranched alkanes of at least 4 members (excludes halogenated alkanes) is 2. The van der Waals surface area contributed by atoms with E-state index in [-0.39, 0.29) is 42.9 Å². The minimum absolute atomic E-state index is 0.126. The second-order valence-corrected chi connectivity index (χ2v) is 17.0. The van der Waals surface area contributed by atoms with Gasteiger partial charge in [0.05, 0.1) is 51.7 Å². The fourth-order valence-corrected chi connectivity index (χ4v) is 10.1. The Morgan fingerprint density at radius 2 is 1.84 bits per heavy atom. The van der Waals surface area contributed by atoms with E-state index < -0.39 is 38.7 Å². The summed E-state index contributed by atoms with van der Waals surface area (Å²) in [6.45, 7) is 4.23. The number of carbonyl (C=O) groups excluding carboxylic acids is 1. The minimum atomic E-state index is -4.53. The number of anilines is 3. The summed E-state index contributed by atoms with van der Waals surface area (Å²) in [6.07, 6.45) is 7.03. The molecule has 2 N–H and O–H groups in total. The maximum absolute atomic E-state index is 14.5. The van der Waals surface area contributed by atoms with Crippen LogP contribution in [0.5, 0.6) is 5.75 Å². The lowest BCUT2D eigenvalue weighted by Gasteiger charge is -2.43. The molecule has 6 rings (SSSR count). The van der Waals surface area contributed by atoms with Crippen molar-refractivity contribution in [3.63, 3.8) is 0 Å². The topological polar surface area (TPSA) is 157 Å². The van der Waals surface area contributed by atoms with E-state index in [0.717, 1.165) is 44.4 Å². The molecule has 2 aliphatic heterocycles. The number of halogens is 4. The molecule has 3 aromatic rings. The largest absolute Gasteiger partial charge is 0.477 e. The summed E-state index contributed by atoms with van der Waals surface area (Å²) >= 11 is 6.25. The van der Waals surface area contributed by atoms with Crippen molar-refractivity contribution in [1.29, 1.82) is 5.26 Å². The number of piperazine rings is 2. The normalized spacial score (nSPS) is 19.9. The van der Waals surface area contributed by atoms with Gasteiger partial charge in [-0.1, -0.05) is 44.2 Å². The summed E-state index contributed by atoms with van der Waals surface area (Å²) in [7, 11) is -3.87. The first-order valence-corrected chi connectivity index (χ1v) is 21.0. The number of benzene rings is 1. The number of nitrogens with one attached hydrogen (secondary N) is 2. The van der Waals surface area contributed by atoms with E-state index in [1.165, 1.54) is 22.8 Å². The van der Waals surface area contributed by atoms with Gasteiger partial charge >= 0.3 is 6.18 Å². The molecule has 0 unspecified atom stereocenters. The number of hydrogen-bond donors (Lipinski definition) is 2. The van der Waals surface area contributed by atoms with Crippen molar-refractivity contribution >= 4 is 44.9 Å². The Balaban J connectivity index is 1.17. The van der Waals surface area contributed by atoms with E-state index in [1.54, 1.807) is 23.2 Å². The smallest absolute Gasteiger partial charge is 0.417 e. The first-order chi connectivity index (χ1) is 26.8. The standard InChI is InChI=1S/C38H47ClF3N9O4S/c1-2-3-5-8-33(56(53,54)50-17-15-49(16-18-50)29-19-28(22-45-23-29)38(40,41)42)32-24-44-13-14-51(32)35-26-46-34(25-47-35)48-36(52)37(11-6-4-7-12-37)55-30-10-9-27(21-43)31(39)20-30/h9-10,19-20,22-23,25-26,32-33,44H,2-8,11-18,24H2,1H3,(H,46,48,52)/t32-,33-/m1/s1. The molecule has 4 heterocycles. The second-order valence-electron chi connectivity index (χ2n) is 14.5. The second kappa shape index (κ2) is 17.9. The molecule has 0 radical (unpaired) electrons. The van der Waals surface area contributed by atoms with Crippen LogP contribution in [0.25, 0.3) is 0 Å². The van der Waals surface area contributed by atoms with Gasteiger partial charge in [0.15, 0.2) is 11.4 Å². The van der Waals surface area contributed by atoms with E-state index in [2.05, 4.69) is 32.5 Å². The highest BCUT2D eigenvalue weighted by atomic mass is 35.5. The van der Waals surface area contributed by atoms with E-state index in [1.807, 2.05) is 11.0 Å². The van der Waals surface area contributed by atoms with Crippen LogP contribution in [0.2, 0.25) is 5.02 Å². The molecule has 56 heavy (non-hydrogen) atoms. The highest BCUT2D eigenvalue weighted by molar-refractivity contribution is 7.89. The van der Waals surface area contributed by atoms with Gasteiger partial charge in [-0.05, 0) is 50.3 Å². The Labute approximate surface area is 330 Å². The summed E-state index contributed by atoms with van der Waals surface area (Å²) in [5, 5.41) is 14.9. The lowest BCUT2D eigenvalue weighted by atomic mass is 9.83. The van der Waals surface area contributed by atoms with Crippen LogP contribution in [0.4, 0.5) is 30.5 Å². The molecule has 3 fully saturated rings. The minimum Gasteiger partial charge on any atom is -0.477 e. The molecular weight excluding hydrogens is 771 g/mol. The van der Waals surface area contributed by atoms with Crippen LogP contribution < -0.4 is 25.2 Å². The van der Waals surface area contributed by atoms with Crippen molar-refractivity contribution in [2.24, 2.45) is 0 Å². The Morgan fingerprint density at radius 3 is 2.50 bits per heavy atom. The third kappa shape index (κ3) is 9.47. The summed E-state index contributed by atoms with van der Waals surface area (Å²) in [5.41, 5.74) is -1.41. The van der Waals surface area contributed by atoms with E-state index in [0.29, 0.717) is 68.1 Å². The molecule has 0 spiro atoms. The monoisotopic (exact) mass is 817 g/mol. The molecule has 13 nitrogen and oxygen atoms in total. The fraction of sp³-hybridized carbons (Fsp3) is 0.553. The zero-order valence-corrected chi connectivity index (χ0v) is 32.8. The quantitative estimate of drug-likeness (QED) is 0.195. The van der Waals surface area contributed by atoms with Gasteiger partial charge in [-0.3, -0.25) is 9.78 Å². The molecule has 2 saturated heterocycles. The molecule has 2 aromatic heterocycles. The summed E-state index contributed by atoms with van der Waals surface area (Å²) < 4.78 is 76.8. The number of nitriles is 1. The summed E-state index contributed by atoms with van der Waals surface area (Å²) in [6, 6.07) is 7.31. The van der Waals surface area contributed by atoms with Gasteiger partial charge in [-0.25, -0.2) is 18.4 Å². The lowest BCUT2D eigenvalue weighted by molar-refractivity contribution is -0.137. The van der Waals surface area contributed by atoms with Gasteiger partial charge in [0.25, 0.3) is 5.91 Å². The number of rotatable bonds is 13. The zero-order chi connectivity index (χ0) is 39.9. The molecule has 1 aromatic carbocycles. The van der Waals surface area contributed by atoms with Crippen molar-refractivity contribution in [2.45, 2.75) is 87.8 Å². The SMILES string of the molecule is CCCCC[C@H]([C@H]1CNCCN1c1cnc(NC(=O)C2(Oc3ccc(C#N)c(Cl)c3)CCCCC2)cn1)S(=O)(=O)N1CCN(c2cncc(C(F)(F)F)c2)CC1. The molecule has 18 heteroatoms. The number of nitrogens with zero attached hydrogens (tertiary/aromatic N) is 7. The third-order valence-electron chi connectivity index (χ3n) is 10.8. The van der Waals surface area contributed by atoms with Crippen LogP contribution in [0.3, 0.4) is 0 Å². The maximum atomic E-state index is 14.5. The number of pyridine rings is 1. The van der Waals surface area contributed by atoms with Crippen molar-refractivity contribution in [2.75, 3.05) is 60.9 Å². The molecule has 2 atom stereocenters. The number of ether oxygens (including phenoxy) is 1. The number of sulfonamides is 1. The van der Waals surface area contributed by atoms with E-state index in [4.69, 9.17) is 16.3 Å².